The summed E-state index contributed by atoms with van der Waals surface area (Å²) in [5.74, 6) is -0.568. The second-order valence-electron chi connectivity index (χ2n) is 6.17. The highest BCUT2D eigenvalue weighted by molar-refractivity contribution is 5.86. The minimum Gasteiger partial charge on any atom is -0.491 e. The van der Waals surface area contributed by atoms with Crippen molar-refractivity contribution >= 4 is 5.57 Å². The standard InChI is InChI=1S/C19H22F2O/c1-3-5-6-12-7-8-13-15(11-12)17(13)14-9-10-16(22-4-2)19(21)18(14)20/h3,9-10,12,15H,1,4-8,11H2,2H3. The average Bonchev–Trinajstić information content (AvgIpc) is 3.23. The van der Waals surface area contributed by atoms with Gasteiger partial charge in [-0.05, 0) is 62.7 Å². The molecule has 0 aromatic heterocycles. The van der Waals surface area contributed by atoms with Crippen LogP contribution in [0.2, 0.25) is 0 Å². The third-order valence-electron chi connectivity index (χ3n) is 4.84. The second kappa shape index (κ2) is 6.23. The van der Waals surface area contributed by atoms with Crippen molar-refractivity contribution in [2.24, 2.45) is 11.8 Å². The van der Waals surface area contributed by atoms with Crippen LogP contribution in [0.1, 0.15) is 44.6 Å². The number of allylic oxidation sites excluding steroid dienone is 3. The van der Waals surface area contributed by atoms with Crippen LogP contribution in [0.5, 0.6) is 5.75 Å². The van der Waals surface area contributed by atoms with E-state index in [4.69, 9.17) is 4.74 Å². The molecule has 3 heteroatoms. The van der Waals surface area contributed by atoms with Crippen LogP contribution in [0, 0.1) is 23.5 Å². The zero-order chi connectivity index (χ0) is 15.7. The SMILES string of the molecule is C=CCCC1CCC2=C(c3ccc(OCC)c(F)c3F)C2C1. The normalized spacial score (nSPS) is 23.2. The zero-order valence-corrected chi connectivity index (χ0v) is 13.0. The monoisotopic (exact) mass is 304 g/mol. The molecule has 0 aliphatic heterocycles. The van der Waals surface area contributed by atoms with Crippen LogP contribution in [-0.2, 0) is 0 Å². The lowest BCUT2D eigenvalue weighted by Crippen LogP contribution is -2.08. The van der Waals surface area contributed by atoms with E-state index < -0.39 is 11.6 Å². The first-order valence-electron chi connectivity index (χ1n) is 8.12. The summed E-state index contributed by atoms with van der Waals surface area (Å²) in [4.78, 5) is 0. The van der Waals surface area contributed by atoms with E-state index in [1.807, 2.05) is 6.08 Å². The lowest BCUT2D eigenvalue weighted by atomic mass is 9.85. The van der Waals surface area contributed by atoms with E-state index in [0.717, 1.165) is 37.7 Å². The maximum atomic E-state index is 14.3. The summed E-state index contributed by atoms with van der Waals surface area (Å²) in [6.07, 6.45) is 7.40. The van der Waals surface area contributed by atoms with Crippen molar-refractivity contribution in [3.05, 3.63) is 47.6 Å². The van der Waals surface area contributed by atoms with Gasteiger partial charge < -0.3 is 4.74 Å². The van der Waals surface area contributed by atoms with Gasteiger partial charge in [0.15, 0.2) is 11.6 Å². The number of hydrogen-bond acceptors (Lipinski definition) is 1. The minimum atomic E-state index is -0.862. The number of fused-ring (bicyclic) bond motifs is 1. The molecule has 1 aromatic rings. The van der Waals surface area contributed by atoms with Crippen LogP contribution in [0.4, 0.5) is 8.78 Å². The molecule has 2 aliphatic carbocycles. The highest BCUT2D eigenvalue weighted by Gasteiger charge is 2.42. The molecule has 0 saturated heterocycles. The molecular weight excluding hydrogens is 282 g/mol. The molecule has 3 rings (SSSR count). The van der Waals surface area contributed by atoms with Crippen LogP contribution < -0.4 is 4.74 Å². The van der Waals surface area contributed by atoms with Gasteiger partial charge >= 0.3 is 0 Å². The molecule has 2 atom stereocenters. The van der Waals surface area contributed by atoms with E-state index in [9.17, 15) is 8.78 Å². The van der Waals surface area contributed by atoms with E-state index in [0.29, 0.717) is 24.0 Å². The number of halogens is 2. The van der Waals surface area contributed by atoms with Gasteiger partial charge in [0.25, 0.3) is 0 Å². The maximum Gasteiger partial charge on any atom is 0.201 e. The Kier molecular flexibility index (Phi) is 4.32. The summed E-state index contributed by atoms with van der Waals surface area (Å²) < 4.78 is 33.5. The van der Waals surface area contributed by atoms with Crippen LogP contribution >= 0.6 is 0 Å². The Balaban J connectivity index is 1.76. The molecule has 0 spiro atoms. The Hall–Kier alpha value is -1.64. The maximum absolute atomic E-state index is 14.3. The van der Waals surface area contributed by atoms with Crippen LogP contribution in [0.15, 0.2) is 30.4 Å². The quantitative estimate of drug-likeness (QED) is 0.629. The van der Waals surface area contributed by atoms with Crippen molar-refractivity contribution in [3.63, 3.8) is 0 Å². The molecule has 0 radical (unpaired) electrons. The fourth-order valence-corrected chi connectivity index (χ4v) is 3.68. The molecule has 1 nitrogen and oxygen atoms in total. The van der Waals surface area contributed by atoms with Gasteiger partial charge in [-0.25, -0.2) is 4.39 Å². The highest BCUT2D eigenvalue weighted by Crippen LogP contribution is 2.57. The van der Waals surface area contributed by atoms with Gasteiger partial charge in [-0.15, -0.1) is 6.58 Å². The molecule has 0 heterocycles. The van der Waals surface area contributed by atoms with E-state index in [1.54, 1.807) is 19.1 Å². The Morgan fingerprint density at radius 1 is 1.32 bits per heavy atom. The highest BCUT2D eigenvalue weighted by atomic mass is 19.2. The lowest BCUT2D eigenvalue weighted by Gasteiger charge is -2.20. The van der Waals surface area contributed by atoms with Crippen molar-refractivity contribution in [3.8, 4) is 5.75 Å². The van der Waals surface area contributed by atoms with Crippen LogP contribution in [0.25, 0.3) is 5.57 Å². The van der Waals surface area contributed by atoms with Gasteiger partial charge in [-0.1, -0.05) is 11.6 Å². The summed E-state index contributed by atoms with van der Waals surface area (Å²) >= 11 is 0. The summed E-state index contributed by atoms with van der Waals surface area (Å²) in [5, 5.41) is 0. The average molecular weight is 304 g/mol. The van der Waals surface area contributed by atoms with Crippen molar-refractivity contribution in [2.45, 2.75) is 39.0 Å². The van der Waals surface area contributed by atoms with E-state index in [-0.39, 0.29) is 5.75 Å². The molecule has 2 aliphatic rings. The molecule has 1 aromatic carbocycles. The van der Waals surface area contributed by atoms with Gasteiger partial charge in [0.05, 0.1) is 6.61 Å². The van der Waals surface area contributed by atoms with Gasteiger partial charge in [-0.3, -0.25) is 0 Å². The first-order chi connectivity index (χ1) is 10.7. The van der Waals surface area contributed by atoms with Crippen molar-refractivity contribution in [1.82, 2.24) is 0 Å². The number of rotatable bonds is 6. The third-order valence-corrected chi connectivity index (χ3v) is 4.84. The van der Waals surface area contributed by atoms with Crippen molar-refractivity contribution in [1.29, 1.82) is 0 Å². The smallest absolute Gasteiger partial charge is 0.201 e. The summed E-state index contributed by atoms with van der Waals surface area (Å²) in [6.45, 7) is 5.86. The largest absolute Gasteiger partial charge is 0.491 e. The Morgan fingerprint density at radius 3 is 2.86 bits per heavy atom. The molecule has 1 fully saturated rings. The topological polar surface area (TPSA) is 9.23 Å². The first kappa shape index (κ1) is 15.3. The van der Waals surface area contributed by atoms with Gasteiger partial charge in [-0.2, -0.15) is 4.39 Å². The van der Waals surface area contributed by atoms with Crippen molar-refractivity contribution in [2.75, 3.05) is 6.61 Å². The second-order valence-corrected chi connectivity index (χ2v) is 6.17. The molecule has 1 saturated carbocycles. The summed E-state index contributed by atoms with van der Waals surface area (Å²) in [5.41, 5.74) is 2.81. The van der Waals surface area contributed by atoms with E-state index in [1.165, 1.54) is 5.57 Å². The van der Waals surface area contributed by atoms with E-state index >= 15 is 0 Å². The Labute approximate surface area is 130 Å². The Morgan fingerprint density at radius 2 is 2.14 bits per heavy atom. The third kappa shape index (κ3) is 2.69. The van der Waals surface area contributed by atoms with Crippen molar-refractivity contribution < 1.29 is 13.5 Å². The van der Waals surface area contributed by atoms with Gasteiger partial charge in [0.2, 0.25) is 5.82 Å². The molecule has 22 heavy (non-hydrogen) atoms. The molecule has 0 bridgehead atoms. The summed E-state index contributed by atoms with van der Waals surface area (Å²) in [7, 11) is 0. The van der Waals surface area contributed by atoms with Gasteiger partial charge in [0, 0.05) is 11.5 Å². The lowest BCUT2D eigenvalue weighted by molar-refractivity contribution is 0.314. The zero-order valence-electron chi connectivity index (χ0n) is 13.0. The van der Waals surface area contributed by atoms with Crippen LogP contribution in [-0.4, -0.2) is 6.61 Å². The fraction of sp³-hybridized carbons (Fsp3) is 0.474. The molecular formula is C19H22F2O. The van der Waals surface area contributed by atoms with Crippen LogP contribution in [0.3, 0.4) is 0 Å². The molecule has 0 N–H and O–H groups in total. The first-order valence-corrected chi connectivity index (χ1v) is 8.12. The number of hydrogen-bond donors (Lipinski definition) is 0. The molecule has 118 valence electrons. The predicted octanol–water partition coefficient (Wildman–Crippen LogP) is 5.51. The van der Waals surface area contributed by atoms with Gasteiger partial charge in [0.1, 0.15) is 0 Å². The van der Waals surface area contributed by atoms with E-state index in [2.05, 4.69) is 6.58 Å². The Bertz CT molecular complexity index is 618. The molecule has 0 amide bonds. The number of benzene rings is 1. The summed E-state index contributed by atoms with van der Waals surface area (Å²) in [6, 6.07) is 3.22. The number of ether oxygens (including phenoxy) is 1. The molecule has 2 unspecified atom stereocenters. The predicted molar refractivity (Wildman–Crippen MR) is 84.7 cm³/mol. The fourth-order valence-electron chi connectivity index (χ4n) is 3.68. The minimum absolute atomic E-state index is 0.00170.